The normalized spacial score (nSPS) is 17.3. The van der Waals surface area contributed by atoms with Crippen molar-refractivity contribution in [2.45, 2.75) is 19.1 Å². The first-order chi connectivity index (χ1) is 10.8. The summed E-state index contributed by atoms with van der Waals surface area (Å²) < 4.78 is 5.32. The first kappa shape index (κ1) is 16.9. The van der Waals surface area contributed by atoms with Gasteiger partial charge in [-0.1, -0.05) is 30.3 Å². The first-order valence-corrected chi connectivity index (χ1v) is 7.89. The van der Waals surface area contributed by atoms with Crippen molar-refractivity contribution < 1.29 is 9.84 Å². The van der Waals surface area contributed by atoms with Gasteiger partial charge in [0.25, 0.3) is 0 Å². The molecule has 0 bridgehead atoms. The van der Waals surface area contributed by atoms with E-state index in [9.17, 15) is 5.11 Å². The van der Waals surface area contributed by atoms with Gasteiger partial charge in [0.1, 0.15) is 0 Å². The van der Waals surface area contributed by atoms with Crippen molar-refractivity contribution in [3.8, 4) is 6.07 Å². The molecule has 5 heteroatoms. The summed E-state index contributed by atoms with van der Waals surface area (Å²) >= 11 is 0. The standard InChI is InChI=1S/C17H25N3O2/c18-7-4-8-20(13-16-5-2-1-3-6-16)15-17(21)14-19-9-11-22-12-10-19/h1-3,5-6,17,21H,4,8-15H2. The number of nitriles is 1. The van der Waals surface area contributed by atoms with Crippen LogP contribution in [-0.2, 0) is 11.3 Å². The van der Waals surface area contributed by atoms with E-state index in [2.05, 4.69) is 28.0 Å². The van der Waals surface area contributed by atoms with E-state index in [1.807, 2.05) is 18.2 Å². The Morgan fingerprint density at radius 1 is 1.27 bits per heavy atom. The molecule has 120 valence electrons. The van der Waals surface area contributed by atoms with Gasteiger partial charge in [0.2, 0.25) is 0 Å². The Morgan fingerprint density at radius 3 is 2.68 bits per heavy atom. The summed E-state index contributed by atoms with van der Waals surface area (Å²) in [5, 5.41) is 19.2. The zero-order valence-corrected chi connectivity index (χ0v) is 13.0. The van der Waals surface area contributed by atoms with Crippen LogP contribution in [0.4, 0.5) is 0 Å². The minimum absolute atomic E-state index is 0.402. The molecule has 2 rings (SSSR count). The molecule has 1 N–H and O–H groups in total. The van der Waals surface area contributed by atoms with Gasteiger partial charge in [0, 0.05) is 45.7 Å². The quantitative estimate of drug-likeness (QED) is 0.779. The Bertz CT molecular complexity index is 455. The molecule has 1 saturated heterocycles. The molecule has 1 unspecified atom stereocenters. The topological polar surface area (TPSA) is 59.7 Å². The van der Waals surface area contributed by atoms with E-state index in [-0.39, 0.29) is 0 Å². The highest BCUT2D eigenvalue weighted by Gasteiger charge is 2.17. The number of morpholine rings is 1. The zero-order valence-electron chi connectivity index (χ0n) is 13.0. The highest BCUT2D eigenvalue weighted by atomic mass is 16.5. The molecule has 22 heavy (non-hydrogen) atoms. The number of hydrogen-bond donors (Lipinski definition) is 1. The first-order valence-electron chi connectivity index (χ1n) is 7.89. The van der Waals surface area contributed by atoms with E-state index >= 15 is 0 Å². The van der Waals surface area contributed by atoms with Gasteiger partial charge in [0.15, 0.2) is 0 Å². The summed E-state index contributed by atoms with van der Waals surface area (Å²) in [6.45, 7) is 5.97. The summed E-state index contributed by atoms with van der Waals surface area (Å²) in [6, 6.07) is 12.4. The molecule has 1 fully saturated rings. The lowest BCUT2D eigenvalue weighted by Crippen LogP contribution is -2.44. The minimum atomic E-state index is -0.402. The largest absolute Gasteiger partial charge is 0.390 e. The summed E-state index contributed by atoms with van der Waals surface area (Å²) in [5.74, 6) is 0. The maximum absolute atomic E-state index is 10.3. The molecule has 1 aliphatic rings. The fourth-order valence-corrected chi connectivity index (χ4v) is 2.72. The number of nitrogens with zero attached hydrogens (tertiary/aromatic N) is 3. The van der Waals surface area contributed by atoms with Crippen LogP contribution in [0.25, 0.3) is 0 Å². The van der Waals surface area contributed by atoms with Gasteiger partial charge >= 0.3 is 0 Å². The second kappa shape index (κ2) is 9.54. The Hall–Kier alpha value is -1.45. The van der Waals surface area contributed by atoms with Gasteiger partial charge in [-0.2, -0.15) is 5.26 Å². The van der Waals surface area contributed by atoms with E-state index in [1.165, 1.54) is 5.56 Å². The molecule has 1 aromatic carbocycles. The molecular formula is C17H25N3O2. The van der Waals surface area contributed by atoms with E-state index in [1.54, 1.807) is 0 Å². The molecule has 1 heterocycles. The Kier molecular flexibility index (Phi) is 7.34. The van der Waals surface area contributed by atoms with Crippen LogP contribution in [0.1, 0.15) is 12.0 Å². The molecule has 1 aromatic rings. The number of β-amino-alcohol motifs (C(OH)–C–C–N with tert-alkyl or cyclic N) is 1. The lowest BCUT2D eigenvalue weighted by atomic mass is 10.2. The Balaban J connectivity index is 1.83. The number of rotatable bonds is 8. The maximum atomic E-state index is 10.3. The van der Waals surface area contributed by atoms with Crippen LogP contribution in [0.5, 0.6) is 0 Å². The van der Waals surface area contributed by atoms with E-state index in [0.29, 0.717) is 26.1 Å². The Labute approximate surface area is 132 Å². The average Bonchev–Trinajstić information content (AvgIpc) is 2.54. The average molecular weight is 303 g/mol. The van der Waals surface area contributed by atoms with E-state index in [4.69, 9.17) is 10.00 Å². The van der Waals surface area contributed by atoms with Gasteiger partial charge in [-0.15, -0.1) is 0 Å². The van der Waals surface area contributed by atoms with Crippen LogP contribution in [-0.4, -0.2) is 66.9 Å². The summed E-state index contributed by atoms with van der Waals surface area (Å²) in [6.07, 6.45) is 0.0809. The fraction of sp³-hybridized carbons (Fsp3) is 0.588. The van der Waals surface area contributed by atoms with Gasteiger partial charge in [-0.3, -0.25) is 9.80 Å². The molecule has 5 nitrogen and oxygen atoms in total. The van der Waals surface area contributed by atoms with Crippen molar-refractivity contribution in [3.05, 3.63) is 35.9 Å². The minimum Gasteiger partial charge on any atom is -0.390 e. The predicted octanol–water partition coefficient (Wildman–Crippen LogP) is 1.10. The van der Waals surface area contributed by atoms with Crippen molar-refractivity contribution in [1.29, 1.82) is 5.26 Å². The third-order valence-corrected chi connectivity index (χ3v) is 3.83. The maximum Gasteiger partial charge on any atom is 0.0793 e. The van der Waals surface area contributed by atoms with Gasteiger partial charge in [-0.05, 0) is 5.56 Å². The van der Waals surface area contributed by atoms with Crippen LogP contribution >= 0.6 is 0 Å². The van der Waals surface area contributed by atoms with Crippen LogP contribution in [0.3, 0.4) is 0 Å². The van der Waals surface area contributed by atoms with Crippen molar-refractivity contribution in [2.75, 3.05) is 45.9 Å². The number of hydrogen-bond acceptors (Lipinski definition) is 5. The van der Waals surface area contributed by atoms with Crippen molar-refractivity contribution in [2.24, 2.45) is 0 Å². The summed E-state index contributed by atoms with van der Waals surface area (Å²) in [7, 11) is 0. The van der Waals surface area contributed by atoms with Crippen LogP contribution in [0.15, 0.2) is 30.3 Å². The van der Waals surface area contributed by atoms with Crippen LogP contribution < -0.4 is 0 Å². The van der Waals surface area contributed by atoms with E-state index in [0.717, 1.165) is 32.8 Å². The summed E-state index contributed by atoms with van der Waals surface area (Å²) in [4.78, 5) is 4.39. The fourth-order valence-electron chi connectivity index (χ4n) is 2.72. The van der Waals surface area contributed by atoms with E-state index < -0.39 is 6.10 Å². The van der Waals surface area contributed by atoms with Crippen LogP contribution in [0.2, 0.25) is 0 Å². The third-order valence-electron chi connectivity index (χ3n) is 3.83. The molecule has 0 radical (unpaired) electrons. The van der Waals surface area contributed by atoms with Crippen molar-refractivity contribution in [3.63, 3.8) is 0 Å². The highest BCUT2D eigenvalue weighted by molar-refractivity contribution is 5.14. The lowest BCUT2D eigenvalue weighted by molar-refractivity contribution is 0.00643. The predicted molar refractivity (Wildman–Crippen MR) is 85.2 cm³/mol. The number of benzene rings is 1. The molecule has 1 atom stereocenters. The zero-order chi connectivity index (χ0) is 15.6. The second-order valence-electron chi connectivity index (χ2n) is 5.70. The molecule has 0 aliphatic carbocycles. The highest BCUT2D eigenvalue weighted by Crippen LogP contribution is 2.07. The number of aliphatic hydroxyl groups excluding tert-OH is 1. The molecule has 1 aliphatic heterocycles. The molecule has 0 saturated carbocycles. The molecule has 0 spiro atoms. The lowest BCUT2D eigenvalue weighted by Gasteiger charge is -2.31. The van der Waals surface area contributed by atoms with Crippen molar-refractivity contribution >= 4 is 0 Å². The van der Waals surface area contributed by atoms with Gasteiger partial charge in [0.05, 0.1) is 25.4 Å². The second-order valence-corrected chi connectivity index (χ2v) is 5.70. The van der Waals surface area contributed by atoms with Crippen LogP contribution in [0, 0.1) is 11.3 Å². The SMILES string of the molecule is N#CCCN(Cc1ccccc1)CC(O)CN1CCOCC1. The van der Waals surface area contributed by atoms with Gasteiger partial charge < -0.3 is 9.84 Å². The van der Waals surface area contributed by atoms with Gasteiger partial charge in [-0.25, -0.2) is 0 Å². The number of aliphatic hydroxyl groups is 1. The third kappa shape index (κ3) is 6.12. The summed E-state index contributed by atoms with van der Waals surface area (Å²) in [5.41, 5.74) is 1.21. The molecule has 0 amide bonds. The monoisotopic (exact) mass is 303 g/mol. The molecular weight excluding hydrogens is 278 g/mol. The number of ether oxygens (including phenoxy) is 1. The Morgan fingerprint density at radius 2 is 2.00 bits per heavy atom. The smallest absolute Gasteiger partial charge is 0.0793 e. The molecule has 0 aromatic heterocycles. The van der Waals surface area contributed by atoms with Crippen molar-refractivity contribution in [1.82, 2.24) is 9.80 Å².